The lowest BCUT2D eigenvalue weighted by Crippen LogP contribution is -2.37. The molecule has 2 bridgehead atoms. The summed E-state index contributed by atoms with van der Waals surface area (Å²) in [4.78, 5) is 51.9. The minimum atomic E-state index is -0.692. The Labute approximate surface area is 220 Å². The molecule has 0 unspecified atom stereocenters. The van der Waals surface area contributed by atoms with Gasteiger partial charge in [0.15, 0.2) is 6.61 Å². The van der Waals surface area contributed by atoms with Gasteiger partial charge in [-0.15, -0.1) is 23.2 Å². The van der Waals surface area contributed by atoms with E-state index in [0.717, 1.165) is 10.0 Å². The van der Waals surface area contributed by atoms with E-state index in [1.807, 2.05) is 13.0 Å². The second kappa shape index (κ2) is 9.22. The number of hydrogen-bond donors (Lipinski definition) is 1. The first kappa shape index (κ1) is 24.3. The minimum Gasteiger partial charge on any atom is -0.452 e. The first-order valence-corrected chi connectivity index (χ1v) is 12.8. The van der Waals surface area contributed by atoms with Gasteiger partial charge in [0.2, 0.25) is 11.8 Å². The third-order valence-corrected chi connectivity index (χ3v) is 9.33. The lowest BCUT2D eigenvalue weighted by molar-refractivity contribution is -0.123. The molecule has 0 radical (unpaired) electrons. The number of nitrogens with zero attached hydrogens (tertiary/aromatic N) is 1. The Hall–Kier alpha value is -2.42. The Bertz CT molecular complexity index is 1200. The van der Waals surface area contributed by atoms with E-state index < -0.39 is 30.3 Å². The van der Waals surface area contributed by atoms with Crippen LogP contribution < -0.4 is 10.2 Å². The molecule has 3 fully saturated rings. The molecule has 7 nitrogen and oxygen atoms in total. The highest BCUT2D eigenvalue weighted by atomic mass is 79.9. The maximum absolute atomic E-state index is 13.1. The molecule has 2 aromatic rings. The molecule has 1 aliphatic heterocycles. The number of aryl methyl sites for hydroxylation is 1. The zero-order valence-electron chi connectivity index (χ0n) is 18.5. The van der Waals surface area contributed by atoms with E-state index in [1.54, 1.807) is 12.1 Å². The number of fused-ring (bicyclic) bond motifs is 5. The molecule has 0 aromatic heterocycles. The average Bonchev–Trinajstić information content (AvgIpc) is 3.45. The Kier molecular flexibility index (Phi) is 6.40. The number of hydrogen-bond acceptors (Lipinski definition) is 5. The fourth-order valence-electron chi connectivity index (χ4n) is 5.48. The largest absolute Gasteiger partial charge is 0.452 e. The number of imide groups is 1. The zero-order valence-corrected chi connectivity index (χ0v) is 21.6. The molecule has 0 spiro atoms. The summed E-state index contributed by atoms with van der Waals surface area (Å²) in [5.74, 6) is -2.78. The van der Waals surface area contributed by atoms with Crippen molar-refractivity contribution in [2.24, 2.45) is 23.7 Å². The molecule has 1 heterocycles. The number of nitrogens with one attached hydrogen (secondary N) is 1. The van der Waals surface area contributed by atoms with E-state index in [-0.39, 0.29) is 40.0 Å². The van der Waals surface area contributed by atoms with Crippen LogP contribution in [-0.4, -0.2) is 41.1 Å². The van der Waals surface area contributed by atoms with Crippen molar-refractivity contribution in [3.8, 4) is 0 Å². The maximum atomic E-state index is 13.1. The van der Waals surface area contributed by atoms with Crippen LogP contribution in [0.15, 0.2) is 46.9 Å². The van der Waals surface area contributed by atoms with Crippen LogP contribution in [0.25, 0.3) is 0 Å². The van der Waals surface area contributed by atoms with Crippen molar-refractivity contribution in [3.63, 3.8) is 0 Å². The number of anilines is 2. The van der Waals surface area contributed by atoms with Gasteiger partial charge in [0.1, 0.15) is 0 Å². The molecule has 6 atom stereocenters. The highest BCUT2D eigenvalue weighted by Crippen LogP contribution is 2.59. The van der Waals surface area contributed by atoms with Crippen LogP contribution in [0.2, 0.25) is 0 Å². The first-order chi connectivity index (χ1) is 16.7. The predicted octanol–water partition coefficient (Wildman–Crippen LogP) is 4.52. The van der Waals surface area contributed by atoms with E-state index in [0.29, 0.717) is 17.8 Å². The zero-order chi connectivity index (χ0) is 25.0. The summed E-state index contributed by atoms with van der Waals surface area (Å²) in [5.41, 5.74) is 2.12. The normalized spacial score (nSPS) is 28.9. The first-order valence-electron chi connectivity index (χ1n) is 11.2. The van der Waals surface area contributed by atoms with Gasteiger partial charge >= 0.3 is 5.97 Å². The summed E-state index contributed by atoms with van der Waals surface area (Å²) in [6, 6.07) is 11.3. The fraction of sp³-hybridized carbons (Fsp3) is 0.360. The van der Waals surface area contributed by atoms with Crippen LogP contribution in [0.3, 0.4) is 0 Å². The molecule has 2 aliphatic carbocycles. The topological polar surface area (TPSA) is 92.8 Å². The number of halogens is 3. The molecule has 1 N–H and O–H groups in total. The minimum absolute atomic E-state index is 0.0997. The number of esters is 1. The Morgan fingerprint density at radius 3 is 2.20 bits per heavy atom. The van der Waals surface area contributed by atoms with Gasteiger partial charge in [-0.25, -0.2) is 4.79 Å². The predicted molar refractivity (Wildman–Crippen MR) is 135 cm³/mol. The van der Waals surface area contributed by atoms with Gasteiger partial charge in [-0.05, 0) is 73.2 Å². The molecule has 2 aromatic carbocycles. The second-order valence-electron chi connectivity index (χ2n) is 9.15. The molecule has 2 saturated carbocycles. The van der Waals surface area contributed by atoms with Gasteiger partial charge in [0, 0.05) is 10.2 Å². The molecule has 3 amide bonds. The molecular formula is C25H21BrCl2N2O5. The molecule has 35 heavy (non-hydrogen) atoms. The standard InChI is InChI=1S/C25H21BrCl2N2O5/c1-11-8-13(4-7-17(11)26)29-18(31)10-35-25(34)12-2-5-14(6-3-12)30-23(32)19-15-9-16(20(19)24(30)33)22(28)21(15)27/h2-8,15-16,19-22H,9-10H2,1H3,(H,29,31)/t15-,16-,19-,20-,21-,22+/m1/s1. The Morgan fingerprint density at radius 1 is 1.03 bits per heavy atom. The van der Waals surface area contributed by atoms with Gasteiger partial charge < -0.3 is 10.1 Å². The van der Waals surface area contributed by atoms with Crippen molar-refractivity contribution in [1.29, 1.82) is 0 Å². The number of carbonyl (C=O) groups is 4. The molecular weight excluding hydrogens is 559 g/mol. The highest BCUT2D eigenvalue weighted by molar-refractivity contribution is 9.10. The van der Waals surface area contributed by atoms with Crippen molar-refractivity contribution in [3.05, 3.63) is 58.1 Å². The molecule has 5 rings (SSSR count). The summed E-state index contributed by atoms with van der Waals surface area (Å²) in [6.45, 7) is 1.44. The van der Waals surface area contributed by atoms with Crippen LogP contribution in [0, 0.1) is 30.6 Å². The molecule has 10 heteroatoms. The van der Waals surface area contributed by atoms with Crippen LogP contribution in [-0.2, 0) is 19.1 Å². The SMILES string of the molecule is Cc1cc(NC(=O)COC(=O)c2ccc(N3C(=O)[C@@H]4[C@H]5C[C@@H]([C@@H](Cl)[C@H]5Cl)[C@H]4C3=O)cc2)ccc1Br. The Morgan fingerprint density at radius 2 is 1.63 bits per heavy atom. The van der Waals surface area contributed by atoms with Crippen LogP contribution in [0.4, 0.5) is 11.4 Å². The van der Waals surface area contributed by atoms with Crippen LogP contribution in [0.5, 0.6) is 0 Å². The third-order valence-electron chi connectivity index (χ3n) is 7.12. The molecule has 1 saturated heterocycles. The molecule has 182 valence electrons. The van der Waals surface area contributed by atoms with E-state index in [4.69, 9.17) is 27.9 Å². The molecule has 3 aliphatic rings. The van der Waals surface area contributed by atoms with Gasteiger partial charge in [-0.3, -0.25) is 19.3 Å². The van der Waals surface area contributed by atoms with Crippen LogP contribution in [0.1, 0.15) is 22.3 Å². The number of alkyl halides is 2. The van der Waals surface area contributed by atoms with E-state index in [1.165, 1.54) is 29.2 Å². The van der Waals surface area contributed by atoms with Gasteiger partial charge in [-0.2, -0.15) is 0 Å². The number of carbonyl (C=O) groups excluding carboxylic acids is 4. The summed E-state index contributed by atoms with van der Waals surface area (Å²) in [6.07, 6.45) is 0.697. The summed E-state index contributed by atoms with van der Waals surface area (Å²) in [7, 11) is 0. The van der Waals surface area contributed by atoms with Crippen molar-refractivity contribution >= 4 is 74.2 Å². The number of amides is 3. The van der Waals surface area contributed by atoms with E-state index in [2.05, 4.69) is 21.2 Å². The van der Waals surface area contributed by atoms with Gasteiger partial charge in [0.25, 0.3) is 5.91 Å². The average molecular weight is 580 g/mol. The van der Waals surface area contributed by atoms with Crippen molar-refractivity contribution < 1.29 is 23.9 Å². The number of ether oxygens (including phenoxy) is 1. The van der Waals surface area contributed by atoms with E-state index in [9.17, 15) is 19.2 Å². The van der Waals surface area contributed by atoms with Crippen molar-refractivity contribution in [2.45, 2.75) is 24.1 Å². The van der Waals surface area contributed by atoms with Crippen molar-refractivity contribution in [1.82, 2.24) is 0 Å². The fourth-order valence-corrected chi connectivity index (χ4v) is 6.62. The highest BCUT2D eigenvalue weighted by Gasteiger charge is 2.66. The lowest BCUT2D eigenvalue weighted by Gasteiger charge is -2.28. The second-order valence-corrected chi connectivity index (χ2v) is 11.0. The maximum Gasteiger partial charge on any atom is 0.338 e. The van der Waals surface area contributed by atoms with Gasteiger partial charge in [-0.1, -0.05) is 15.9 Å². The monoisotopic (exact) mass is 578 g/mol. The lowest BCUT2D eigenvalue weighted by atomic mass is 9.80. The summed E-state index contributed by atoms with van der Waals surface area (Å²) >= 11 is 16.2. The Balaban J connectivity index is 1.21. The van der Waals surface area contributed by atoms with Gasteiger partial charge in [0.05, 0.1) is 33.8 Å². The number of rotatable bonds is 5. The number of benzene rings is 2. The quantitative estimate of drug-likeness (QED) is 0.319. The van der Waals surface area contributed by atoms with Crippen molar-refractivity contribution in [2.75, 3.05) is 16.8 Å². The summed E-state index contributed by atoms with van der Waals surface area (Å²) < 4.78 is 6.03. The van der Waals surface area contributed by atoms with Crippen LogP contribution >= 0.6 is 39.1 Å². The smallest absolute Gasteiger partial charge is 0.338 e. The third kappa shape index (κ3) is 4.15. The van der Waals surface area contributed by atoms with E-state index >= 15 is 0 Å². The summed E-state index contributed by atoms with van der Waals surface area (Å²) in [5, 5.41) is 2.04.